The molecule has 0 radical (unpaired) electrons. The fraction of sp³-hybridized carbons (Fsp3) is 0.143. The maximum absolute atomic E-state index is 12.3. The normalized spacial score (nSPS) is 11.4. The second-order valence-electron chi connectivity index (χ2n) is 4.76. The van der Waals surface area contributed by atoms with Gasteiger partial charge in [-0.1, -0.05) is 11.6 Å². The highest BCUT2D eigenvalue weighted by atomic mass is 35.5. The van der Waals surface area contributed by atoms with E-state index < -0.39 is 18.1 Å². The van der Waals surface area contributed by atoms with Gasteiger partial charge in [-0.15, -0.1) is 34.7 Å². The molecule has 13 heteroatoms. The molecule has 0 unspecified atom stereocenters. The van der Waals surface area contributed by atoms with Gasteiger partial charge in [-0.05, 0) is 30.0 Å². The van der Waals surface area contributed by atoms with Gasteiger partial charge in [0.15, 0.2) is 9.37 Å². The summed E-state index contributed by atoms with van der Waals surface area (Å²) in [4.78, 5) is 16.0. The molecule has 0 saturated carbocycles. The largest absolute Gasteiger partial charge is 0.573 e. The van der Waals surface area contributed by atoms with Crippen molar-refractivity contribution >= 4 is 40.7 Å². The van der Waals surface area contributed by atoms with E-state index in [0.717, 1.165) is 17.8 Å². The molecule has 2 heterocycles. The van der Waals surface area contributed by atoms with Crippen molar-refractivity contribution in [2.24, 2.45) is 0 Å². The van der Waals surface area contributed by atoms with Crippen LogP contribution in [0.2, 0.25) is 5.02 Å². The number of thiazole rings is 1. The van der Waals surface area contributed by atoms with E-state index in [1.54, 1.807) is 5.38 Å². The van der Waals surface area contributed by atoms with Crippen LogP contribution in [0.4, 0.5) is 13.2 Å². The molecule has 1 N–H and O–H groups in total. The molecule has 0 saturated heterocycles. The third-order valence-corrected chi connectivity index (χ3v) is 5.23. The molecule has 0 fully saturated rings. The van der Waals surface area contributed by atoms with Crippen molar-refractivity contribution in [3.63, 3.8) is 0 Å². The molecule has 27 heavy (non-hydrogen) atoms. The maximum atomic E-state index is 12.3. The third kappa shape index (κ3) is 4.70. The molecule has 0 atom stereocenters. The van der Waals surface area contributed by atoms with Gasteiger partial charge in [0.05, 0.1) is 17.8 Å². The van der Waals surface area contributed by atoms with E-state index in [1.165, 1.54) is 30.6 Å². The SMILES string of the molecule is COC(=O)c1n[nH]nc1Sc1nc(-c2ccc(OC(F)(F)F)c(Cl)c2)cs1. The molecule has 0 bridgehead atoms. The molecule has 0 aliphatic heterocycles. The number of ether oxygens (including phenoxy) is 2. The van der Waals surface area contributed by atoms with Crippen molar-refractivity contribution < 1.29 is 27.4 Å². The first kappa shape index (κ1) is 19.5. The number of aromatic nitrogens is 4. The highest BCUT2D eigenvalue weighted by Gasteiger charge is 2.32. The number of nitrogens with zero attached hydrogens (tertiary/aromatic N) is 3. The maximum Gasteiger partial charge on any atom is 0.573 e. The molecule has 0 spiro atoms. The van der Waals surface area contributed by atoms with Crippen LogP contribution in [0.3, 0.4) is 0 Å². The molecule has 0 aliphatic carbocycles. The Morgan fingerprint density at radius 1 is 1.33 bits per heavy atom. The van der Waals surface area contributed by atoms with Crippen LogP contribution in [0.15, 0.2) is 32.9 Å². The lowest BCUT2D eigenvalue weighted by Gasteiger charge is -2.10. The fourth-order valence-corrected chi connectivity index (χ4v) is 3.88. The molecular weight excluding hydrogens is 429 g/mol. The Hall–Kier alpha value is -2.31. The van der Waals surface area contributed by atoms with Gasteiger partial charge in [0.2, 0.25) is 5.69 Å². The Bertz CT molecular complexity index is 977. The van der Waals surface area contributed by atoms with Gasteiger partial charge in [-0.2, -0.15) is 5.21 Å². The van der Waals surface area contributed by atoms with Crippen molar-refractivity contribution in [1.29, 1.82) is 0 Å². The van der Waals surface area contributed by atoms with Crippen LogP contribution in [-0.4, -0.2) is 39.8 Å². The van der Waals surface area contributed by atoms with Crippen LogP contribution in [0, 0.1) is 0 Å². The first-order chi connectivity index (χ1) is 12.8. The second kappa shape index (κ2) is 7.74. The van der Waals surface area contributed by atoms with E-state index >= 15 is 0 Å². The fourth-order valence-electron chi connectivity index (χ4n) is 1.91. The number of nitrogens with one attached hydrogen (secondary N) is 1. The number of carbonyl (C=O) groups is 1. The number of hydrogen-bond acceptors (Lipinski definition) is 8. The third-order valence-electron chi connectivity index (χ3n) is 3.02. The first-order valence-corrected chi connectivity index (χ1v) is 9.02. The highest BCUT2D eigenvalue weighted by molar-refractivity contribution is 8.01. The average Bonchev–Trinajstić information content (AvgIpc) is 3.25. The molecule has 1 aromatic carbocycles. The topological polar surface area (TPSA) is 90.0 Å². The van der Waals surface area contributed by atoms with E-state index in [0.29, 0.717) is 15.6 Å². The van der Waals surface area contributed by atoms with Crippen LogP contribution in [0.1, 0.15) is 10.5 Å². The molecule has 0 amide bonds. The number of rotatable bonds is 5. The molecule has 0 aliphatic rings. The first-order valence-electron chi connectivity index (χ1n) is 6.95. The van der Waals surface area contributed by atoms with Crippen molar-refractivity contribution in [1.82, 2.24) is 20.4 Å². The lowest BCUT2D eigenvalue weighted by Crippen LogP contribution is -2.17. The van der Waals surface area contributed by atoms with Gasteiger partial charge in [-0.3, -0.25) is 0 Å². The van der Waals surface area contributed by atoms with Crippen LogP contribution < -0.4 is 4.74 Å². The Morgan fingerprint density at radius 3 is 2.78 bits per heavy atom. The van der Waals surface area contributed by atoms with Crippen molar-refractivity contribution in [2.75, 3.05) is 7.11 Å². The number of H-pyrrole nitrogens is 1. The number of esters is 1. The van der Waals surface area contributed by atoms with E-state index in [9.17, 15) is 18.0 Å². The van der Waals surface area contributed by atoms with Crippen molar-refractivity contribution in [2.45, 2.75) is 15.7 Å². The zero-order valence-corrected chi connectivity index (χ0v) is 15.6. The molecular formula is C14H8ClF3N4O3S2. The average molecular weight is 437 g/mol. The molecule has 142 valence electrons. The number of halogens is 4. The van der Waals surface area contributed by atoms with Gasteiger partial charge in [0.1, 0.15) is 5.75 Å². The zero-order valence-electron chi connectivity index (χ0n) is 13.2. The number of aromatic amines is 1. The summed E-state index contributed by atoms with van der Waals surface area (Å²) in [6, 6.07) is 3.85. The Kier molecular flexibility index (Phi) is 5.58. The minimum atomic E-state index is -4.83. The lowest BCUT2D eigenvalue weighted by atomic mass is 10.2. The standard InChI is InChI=1S/C14H8ClF3N4O3S2/c1-24-12(23)10-11(21-22-20-10)27-13-19-8(5-26-13)6-2-3-9(7(15)4-6)25-14(16,17)18/h2-5H,1H3,(H,20,21,22). The van der Waals surface area contributed by atoms with Crippen LogP contribution in [0.5, 0.6) is 5.75 Å². The summed E-state index contributed by atoms with van der Waals surface area (Å²) < 4.78 is 45.9. The van der Waals surface area contributed by atoms with Gasteiger partial charge in [-0.25, -0.2) is 9.78 Å². The molecule has 3 aromatic rings. The predicted molar refractivity (Wildman–Crippen MR) is 91.1 cm³/mol. The molecule has 7 nitrogen and oxygen atoms in total. The van der Waals surface area contributed by atoms with Crippen molar-refractivity contribution in [3.05, 3.63) is 34.3 Å². The Balaban J connectivity index is 1.79. The van der Waals surface area contributed by atoms with Gasteiger partial charge >= 0.3 is 12.3 Å². The summed E-state index contributed by atoms with van der Waals surface area (Å²) >= 11 is 8.20. The number of methoxy groups -OCH3 is 1. The smallest absolute Gasteiger partial charge is 0.464 e. The molecule has 3 rings (SSSR count). The number of carbonyl (C=O) groups excluding carboxylic acids is 1. The minimum absolute atomic E-state index is 0.0240. The number of alkyl halides is 3. The van der Waals surface area contributed by atoms with Gasteiger partial charge in [0, 0.05) is 10.9 Å². The quantitative estimate of drug-likeness (QED) is 0.592. The Morgan fingerprint density at radius 2 is 2.11 bits per heavy atom. The van der Waals surface area contributed by atoms with Crippen LogP contribution in [-0.2, 0) is 4.74 Å². The molecule has 2 aromatic heterocycles. The van der Waals surface area contributed by atoms with Gasteiger partial charge in [0.25, 0.3) is 0 Å². The van der Waals surface area contributed by atoms with Crippen LogP contribution in [0.25, 0.3) is 11.3 Å². The predicted octanol–water partition coefficient (Wildman–Crippen LogP) is 4.42. The monoisotopic (exact) mass is 436 g/mol. The number of benzene rings is 1. The number of hydrogen-bond donors (Lipinski definition) is 1. The summed E-state index contributed by atoms with van der Waals surface area (Å²) in [7, 11) is 1.23. The van der Waals surface area contributed by atoms with Crippen LogP contribution >= 0.6 is 34.7 Å². The minimum Gasteiger partial charge on any atom is -0.464 e. The van der Waals surface area contributed by atoms with E-state index in [2.05, 4.69) is 29.9 Å². The summed E-state index contributed by atoms with van der Waals surface area (Å²) in [6.45, 7) is 0. The van der Waals surface area contributed by atoms with Crippen molar-refractivity contribution in [3.8, 4) is 17.0 Å². The summed E-state index contributed by atoms with van der Waals surface area (Å²) in [5, 5.41) is 11.7. The second-order valence-corrected chi connectivity index (χ2v) is 7.26. The summed E-state index contributed by atoms with van der Waals surface area (Å²) in [6.07, 6.45) is -4.83. The van der Waals surface area contributed by atoms with E-state index in [4.69, 9.17) is 11.6 Å². The Labute approximate surface area is 162 Å². The van der Waals surface area contributed by atoms with E-state index in [1.807, 2.05) is 0 Å². The van der Waals surface area contributed by atoms with Gasteiger partial charge < -0.3 is 9.47 Å². The zero-order chi connectivity index (χ0) is 19.6. The summed E-state index contributed by atoms with van der Waals surface area (Å²) in [5.41, 5.74) is 1.02. The lowest BCUT2D eigenvalue weighted by molar-refractivity contribution is -0.274. The van der Waals surface area contributed by atoms with E-state index in [-0.39, 0.29) is 15.7 Å². The summed E-state index contributed by atoms with van der Waals surface area (Å²) in [5.74, 6) is -1.14. The highest BCUT2D eigenvalue weighted by Crippen LogP contribution is 2.36.